The molecule has 0 spiro atoms. The lowest BCUT2D eigenvalue weighted by molar-refractivity contribution is 0.647. The van der Waals surface area contributed by atoms with E-state index in [1.807, 2.05) is 11.6 Å². The van der Waals surface area contributed by atoms with Crippen LogP contribution in [0.4, 0.5) is 0 Å². The van der Waals surface area contributed by atoms with Crippen molar-refractivity contribution in [1.82, 2.24) is 14.9 Å². The monoisotopic (exact) mass is 300 g/mol. The second kappa shape index (κ2) is 5.64. The van der Waals surface area contributed by atoms with Crippen LogP contribution < -0.4 is 0 Å². The molecule has 4 nitrogen and oxygen atoms in total. The van der Waals surface area contributed by atoms with Crippen molar-refractivity contribution in [2.45, 2.75) is 44.5 Å². The first-order valence-electron chi connectivity index (χ1n) is 7.31. The fraction of sp³-hybridized carbons (Fsp3) is 0.438. The number of thioether (sulfide) groups is 1. The van der Waals surface area contributed by atoms with E-state index in [0.29, 0.717) is 5.92 Å². The maximum atomic E-state index is 4.73. The first-order chi connectivity index (χ1) is 10.0. The fourth-order valence-electron chi connectivity index (χ4n) is 2.51. The van der Waals surface area contributed by atoms with Crippen molar-refractivity contribution in [3.05, 3.63) is 41.2 Å². The third-order valence-corrected chi connectivity index (χ3v) is 4.58. The Morgan fingerprint density at radius 2 is 1.90 bits per heavy atom. The Hall–Kier alpha value is -1.62. The summed E-state index contributed by atoms with van der Waals surface area (Å²) in [5.41, 5.74) is 3.65. The zero-order chi connectivity index (χ0) is 15.0. The molecule has 0 aliphatic carbocycles. The number of hydrogen-bond donors (Lipinski definition) is 0. The lowest BCUT2D eigenvalue weighted by atomic mass is 10.00. The average molecular weight is 300 g/mol. The summed E-state index contributed by atoms with van der Waals surface area (Å²) in [7, 11) is 0. The summed E-state index contributed by atoms with van der Waals surface area (Å²) in [6.07, 6.45) is 1.12. The second-order valence-corrected chi connectivity index (χ2v) is 7.19. The van der Waals surface area contributed by atoms with Crippen molar-refractivity contribution in [3.63, 3.8) is 0 Å². The number of aromatic nitrogens is 3. The molecule has 3 rings (SSSR count). The van der Waals surface area contributed by atoms with Gasteiger partial charge in [-0.05, 0) is 37.3 Å². The molecule has 110 valence electrons. The Morgan fingerprint density at radius 3 is 2.57 bits per heavy atom. The largest absolute Gasteiger partial charge is 0.212 e. The van der Waals surface area contributed by atoms with Crippen LogP contribution in [0, 0.1) is 12.8 Å². The quantitative estimate of drug-likeness (QED) is 0.871. The van der Waals surface area contributed by atoms with E-state index in [4.69, 9.17) is 5.10 Å². The van der Waals surface area contributed by atoms with Crippen molar-refractivity contribution < 1.29 is 0 Å². The van der Waals surface area contributed by atoms with Gasteiger partial charge in [0.25, 0.3) is 0 Å². The molecule has 0 N–H and O–H groups in total. The first-order valence-corrected chi connectivity index (χ1v) is 8.19. The number of nitrogens with zero attached hydrogens (tertiary/aromatic N) is 4. The highest BCUT2D eigenvalue weighted by Crippen LogP contribution is 2.29. The van der Waals surface area contributed by atoms with Crippen molar-refractivity contribution >= 4 is 17.5 Å². The molecule has 0 bridgehead atoms. The van der Waals surface area contributed by atoms with Gasteiger partial charge >= 0.3 is 0 Å². The summed E-state index contributed by atoms with van der Waals surface area (Å²) in [6.45, 7) is 8.58. The van der Waals surface area contributed by atoms with Crippen molar-refractivity contribution in [1.29, 1.82) is 0 Å². The Bertz CT molecular complexity index is 670. The normalized spacial score (nSPS) is 17.8. The van der Waals surface area contributed by atoms with Gasteiger partial charge in [-0.25, -0.2) is 0 Å². The number of benzene rings is 1. The molecule has 21 heavy (non-hydrogen) atoms. The van der Waals surface area contributed by atoms with Gasteiger partial charge in [-0.3, -0.25) is 0 Å². The Balaban J connectivity index is 1.92. The minimum Gasteiger partial charge on any atom is -0.191 e. The van der Waals surface area contributed by atoms with Crippen LogP contribution in [-0.2, 0) is 6.42 Å². The highest BCUT2D eigenvalue weighted by atomic mass is 32.2. The van der Waals surface area contributed by atoms with E-state index in [2.05, 4.69) is 55.2 Å². The third kappa shape index (κ3) is 2.88. The summed E-state index contributed by atoms with van der Waals surface area (Å²) in [5, 5.41) is 14.1. The summed E-state index contributed by atoms with van der Waals surface area (Å²) in [4.78, 5) is 0. The molecule has 0 amide bonds. The lowest BCUT2D eigenvalue weighted by Crippen LogP contribution is -2.21. The van der Waals surface area contributed by atoms with Gasteiger partial charge < -0.3 is 0 Å². The molecule has 1 aliphatic rings. The summed E-state index contributed by atoms with van der Waals surface area (Å²) < 4.78 is 1.84. The Labute approximate surface area is 129 Å². The molecule has 0 radical (unpaired) electrons. The van der Waals surface area contributed by atoms with E-state index in [0.717, 1.165) is 23.1 Å². The maximum absolute atomic E-state index is 4.73. The first kappa shape index (κ1) is 14.3. The predicted octanol–water partition coefficient (Wildman–Crippen LogP) is 3.53. The summed E-state index contributed by atoms with van der Waals surface area (Å²) >= 11 is 1.71. The Morgan fingerprint density at radius 1 is 1.19 bits per heavy atom. The van der Waals surface area contributed by atoms with Gasteiger partial charge in [-0.2, -0.15) is 9.78 Å². The van der Waals surface area contributed by atoms with Gasteiger partial charge in [0.05, 0.1) is 11.0 Å². The molecule has 1 aliphatic heterocycles. The molecule has 0 unspecified atom stereocenters. The van der Waals surface area contributed by atoms with Crippen LogP contribution in [0.2, 0.25) is 0 Å². The molecule has 5 heteroatoms. The number of aryl methyl sites for hydroxylation is 1. The molecular weight excluding hydrogens is 280 g/mol. The van der Waals surface area contributed by atoms with Crippen molar-refractivity contribution in [2.75, 3.05) is 0 Å². The van der Waals surface area contributed by atoms with Gasteiger partial charge in [0, 0.05) is 0 Å². The van der Waals surface area contributed by atoms with Crippen LogP contribution >= 0.6 is 11.8 Å². The minimum absolute atomic E-state index is 0.289. The zero-order valence-corrected chi connectivity index (χ0v) is 13.7. The molecule has 0 fully saturated rings. The fourth-order valence-corrected chi connectivity index (χ4v) is 3.48. The zero-order valence-electron chi connectivity index (χ0n) is 12.9. The highest BCUT2D eigenvalue weighted by Gasteiger charge is 2.24. The van der Waals surface area contributed by atoms with Crippen LogP contribution in [0.3, 0.4) is 0 Å². The molecule has 0 saturated carbocycles. The van der Waals surface area contributed by atoms with Gasteiger partial charge in [0.15, 0.2) is 5.82 Å². The molecule has 1 aromatic heterocycles. The Kier molecular flexibility index (Phi) is 3.85. The second-order valence-electron chi connectivity index (χ2n) is 5.88. The summed E-state index contributed by atoms with van der Waals surface area (Å²) in [5.74, 6) is 1.51. The molecule has 1 atom stereocenters. The number of hydrogen-bond acceptors (Lipinski definition) is 4. The number of rotatable bonds is 3. The smallest absolute Gasteiger partial charge is 0.191 e. The van der Waals surface area contributed by atoms with E-state index in [9.17, 15) is 0 Å². The third-order valence-electron chi connectivity index (χ3n) is 3.54. The van der Waals surface area contributed by atoms with Gasteiger partial charge in [0.2, 0.25) is 5.16 Å². The predicted molar refractivity (Wildman–Crippen MR) is 87.0 cm³/mol. The molecule has 0 saturated heterocycles. The van der Waals surface area contributed by atoms with Gasteiger partial charge in [-0.15, -0.1) is 10.2 Å². The topological polar surface area (TPSA) is 43.1 Å². The van der Waals surface area contributed by atoms with E-state index in [1.54, 1.807) is 11.8 Å². The van der Waals surface area contributed by atoms with E-state index in [-0.39, 0.29) is 5.25 Å². The van der Waals surface area contributed by atoms with E-state index >= 15 is 0 Å². The SMILES string of the molecule is Cc1nnc2n1N=C(c1ccc(CC(C)C)cc1)[C@@H](C)S2. The average Bonchev–Trinajstić information content (AvgIpc) is 2.79. The molecule has 1 aromatic carbocycles. The van der Waals surface area contributed by atoms with Crippen LogP contribution in [0.15, 0.2) is 34.5 Å². The molecule has 2 heterocycles. The van der Waals surface area contributed by atoms with Gasteiger partial charge in [-0.1, -0.05) is 49.9 Å². The summed E-state index contributed by atoms with van der Waals surface area (Å²) in [6, 6.07) is 8.78. The van der Waals surface area contributed by atoms with E-state index in [1.165, 1.54) is 11.1 Å². The minimum atomic E-state index is 0.289. The van der Waals surface area contributed by atoms with E-state index < -0.39 is 0 Å². The van der Waals surface area contributed by atoms with Crippen LogP contribution in [-0.4, -0.2) is 25.8 Å². The van der Waals surface area contributed by atoms with Crippen LogP contribution in [0.5, 0.6) is 0 Å². The van der Waals surface area contributed by atoms with Crippen molar-refractivity contribution in [2.24, 2.45) is 11.0 Å². The molecular formula is C16H20N4S. The maximum Gasteiger partial charge on any atom is 0.212 e. The number of fused-ring (bicyclic) bond motifs is 1. The molecule has 2 aromatic rings. The van der Waals surface area contributed by atoms with Crippen molar-refractivity contribution in [3.8, 4) is 0 Å². The highest BCUT2D eigenvalue weighted by molar-refractivity contribution is 8.00. The lowest BCUT2D eigenvalue weighted by Gasteiger charge is -2.19. The van der Waals surface area contributed by atoms with Gasteiger partial charge in [0.1, 0.15) is 0 Å². The standard InChI is InChI=1S/C16H20N4S/c1-10(2)9-13-5-7-14(8-6-13)15-11(3)21-16-18-17-12(4)20(16)19-15/h5-8,10-11H,9H2,1-4H3/t11-/m1/s1. The van der Waals surface area contributed by atoms with Crippen LogP contribution in [0.25, 0.3) is 0 Å². The van der Waals surface area contributed by atoms with Crippen LogP contribution in [0.1, 0.15) is 37.7 Å².